The maximum Gasteiger partial charge on any atom is 0.416 e. The summed E-state index contributed by atoms with van der Waals surface area (Å²) in [6, 6.07) is 9.61. The Kier molecular flexibility index (Phi) is 5.88. The van der Waals surface area contributed by atoms with Crippen LogP contribution in [0.1, 0.15) is 15.9 Å². The third kappa shape index (κ3) is 5.00. The molecule has 3 heterocycles. The summed E-state index contributed by atoms with van der Waals surface area (Å²) in [5, 5.41) is 2.81. The number of carbonyl (C=O) groups excluding carboxylic acids is 1. The fraction of sp³-hybridized carbons (Fsp3) is 0.300. The van der Waals surface area contributed by atoms with E-state index in [0.717, 1.165) is 67.8 Å². The molecule has 7 nitrogen and oxygen atoms in total. The van der Waals surface area contributed by atoms with Gasteiger partial charge < -0.3 is 9.80 Å². The summed E-state index contributed by atoms with van der Waals surface area (Å²) in [7, 11) is 2.08. The topological polar surface area (TPSA) is 74.2 Å². The summed E-state index contributed by atoms with van der Waals surface area (Å²) in [6.07, 6.45) is -4.45. The number of piperazine rings is 1. The molecule has 0 saturated carbocycles. The first-order valence-electron chi connectivity index (χ1n) is 9.53. The highest BCUT2D eigenvalue weighted by Crippen LogP contribution is 2.29. The molecule has 1 aromatic carbocycles. The quantitative estimate of drug-likeness (QED) is 0.657. The Hall–Kier alpha value is -3.05. The average Bonchev–Trinajstić information content (AvgIpc) is 3.22. The first-order valence-corrected chi connectivity index (χ1v) is 10.3. The molecule has 1 N–H and O–H groups in total. The van der Waals surface area contributed by atoms with E-state index in [1.807, 2.05) is 12.1 Å². The molecule has 1 fully saturated rings. The Morgan fingerprint density at radius 1 is 1.03 bits per heavy atom. The van der Waals surface area contributed by atoms with Crippen molar-refractivity contribution in [3.8, 4) is 11.5 Å². The van der Waals surface area contributed by atoms with Crippen molar-refractivity contribution in [2.45, 2.75) is 6.18 Å². The van der Waals surface area contributed by atoms with Crippen molar-refractivity contribution in [2.24, 2.45) is 0 Å². The fourth-order valence-electron chi connectivity index (χ4n) is 3.12. The Labute approximate surface area is 180 Å². The van der Waals surface area contributed by atoms with E-state index < -0.39 is 17.6 Å². The summed E-state index contributed by atoms with van der Waals surface area (Å²) in [6.45, 7) is 3.68. The summed E-state index contributed by atoms with van der Waals surface area (Å²) < 4.78 is 42.3. The number of likely N-dealkylation sites (N-methyl/N-ethyl adjacent to an activating group) is 1. The van der Waals surface area contributed by atoms with Crippen molar-refractivity contribution in [3.05, 3.63) is 53.6 Å². The van der Waals surface area contributed by atoms with Gasteiger partial charge in [0.15, 0.2) is 5.82 Å². The van der Waals surface area contributed by atoms with Gasteiger partial charge in [-0.15, -0.1) is 0 Å². The number of nitrogens with one attached hydrogen (secondary N) is 1. The highest BCUT2D eigenvalue weighted by atomic mass is 32.1. The van der Waals surface area contributed by atoms with Crippen molar-refractivity contribution in [1.29, 1.82) is 0 Å². The van der Waals surface area contributed by atoms with Crippen LogP contribution >= 0.6 is 11.5 Å². The lowest BCUT2D eigenvalue weighted by Gasteiger charge is -2.33. The van der Waals surface area contributed by atoms with Gasteiger partial charge in [0.05, 0.1) is 5.56 Å². The minimum Gasteiger partial charge on any atom is -0.354 e. The van der Waals surface area contributed by atoms with E-state index in [1.54, 1.807) is 6.07 Å². The number of nitrogens with zero attached hydrogens (tertiary/aromatic N) is 5. The molecule has 0 bridgehead atoms. The highest BCUT2D eigenvalue weighted by molar-refractivity contribution is 7.10. The van der Waals surface area contributed by atoms with Crippen LogP contribution in [0.4, 0.5) is 24.1 Å². The van der Waals surface area contributed by atoms with E-state index in [-0.39, 0.29) is 10.7 Å². The van der Waals surface area contributed by atoms with E-state index >= 15 is 0 Å². The van der Waals surface area contributed by atoms with Gasteiger partial charge in [-0.25, -0.2) is 4.98 Å². The molecule has 31 heavy (non-hydrogen) atoms. The number of hydrogen-bond acceptors (Lipinski definition) is 7. The number of amides is 1. The summed E-state index contributed by atoms with van der Waals surface area (Å²) in [4.78, 5) is 25.7. The van der Waals surface area contributed by atoms with E-state index in [4.69, 9.17) is 0 Å². The number of aromatic nitrogens is 3. The lowest BCUT2D eigenvalue weighted by molar-refractivity contribution is -0.137. The Balaban J connectivity index is 1.45. The number of hydrogen-bond donors (Lipinski definition) is 1. The SMILES string of the molecule is CN1CCN(c2cccc(-c3nsc(NC(=O)c4ccc(C(F)(F)F)cc4)n3)n2)CC1. The normalized spacial score (nSPS) is 15.2. The smallest absolute Gasteiger partial charge is 0.354 e. The molecule has 0 unspecified atom stereocenters. The van der Waals surface area contributed by atoms with Crippen LogP contribution in [0, 0.1) is 0 Å². The predicted octanol–water partition coefficient (Wildman–Crippen LogP) is 3.62. The first-order chi connectivity index (χ1) is 14.8. The summed E-state index contributed by atoms with van der Waals surface area (Å²) in [5.41, 5.74) is -0.129. The minimum absolute atomic E-state index is 0.0972. The van der Waals surface area contributed by atoms with E-state index in [1.165, 1.54) is 0 Å². The van der Waals surface area contributed by atoms with Crippen molar-refractivity contribution in [2.75, 3.05) is 43.4 Å². The van der Waals surface area contributed by atoms with Crippen LogP contribution in [0.2, 0.25) is 0 Å². The zero-order valence-corrected chi connectivity index (χ0v) is 17.4. The molecule has 1 aliphatic rings. The molecule has 0 radical (unpaired) electrons. The number of halogens is 3. The monoisotopic (exact) mass is 448 g/mol. The van der Waals surface area contributed by atoms with Crippen molar-refractivity contribution >= 4 is 28.4 Å². The van der Waals surface area contributed by atoms with Gasteiger partial charge in [0.2, 0.25) is 5.13 Å². The molecule has 0 spiro atoms. The molecular weight excluding hydrogens is 429 g/mol. The largest absolute Gasteiger partial charge is 0.416 e. The zero-order valence-electron chi connectivity index (χ0n) is 16.6. The summed E-state index contributed by atoms with van der Waals surface area (Å²) >= 11 is 0.983. The molecule has 11 heteroatoms. The Morgan fingerprint density at radius 2 is 1.74 bits per heavy atom. The second-order valence-electron chi connectivity index (χ2n) is 7.12. The van der Waals surface area contributed by atoms with Crippen molar-refractivity contribution < 1.29 is 18.0 Å². The van der Waals surface area contributed by atoms with Crippen molar-refractivity contribution in [1.82, 2.24) is 19.2 Å². The summed E-state index contributed by atoms with van der Waals surface area (Å²) in [5.74, 6) is 0.662. The molecule has 1 aliphatic heterocycles. The number of pyridine rings is 1. The lowest BCUT2D eigenvalue weighted by Crippen LogP contribution is -2.44. The third-order valence-corrected chi connectivity index (χ3v) is 5.54. The molecule has 1 saturated heterocycles. The lowest BCUT2D eigenvalue weighted by atomic mass is 10.1. The van der Waals surface area contributed by atoms with Crippen LogP contribution in [0.25, 0.3) is 11.5 Å². The van der Waals surface area contributed by atoms with Gasteiger partial charge in [-0.1, -0.05) is 6.07 Å². The van der Waals surface area contributed by atoms with Crippen LogP contribution in [0.15, 0.2) is 42.5 Å². The average molecular weight is 448 g/mol. The molecular formula is C20H19F3N6OS. The fourth-order valence-corrected chi connectivity index (χ4v) is 3.69. The van der Waals surface area contributed by atoms with Crippen LogP contribution in [-0.4, -0.2) is 58.4 Å². The molecule has 1 amide bonds. The van der Waals surface area contributed by atoms with Crippen LogP contribution in [0.5, 0.6) is 0 Å². The number of rotatable bonds is 4. The number of carbonyl (C=O) groups is 1. The molecule has 0 aliphatic carbocycles. The second-order valence-corrected chi connectivity index (χ2v) is 7.88. The number of benzene rings is 1. The molecule has 4 rings (SSSR count). The minimum atomic E-state index is -4.45. The van der Waals surface area contributed by atoms with Gasteiger partial charge >= 0.3 is 6.18 Å². The van der Waals surface area contributed by atoms with Crippen LogP contribution < -0.4 is 10.2 Å². The standard InChI is InChI=1S/C20H19F3N6OS/c1-28-9-11-29(12-10-28)16-4-2-3-15(24-16)17-25-19(31-27-17)26-18(30)13-5-7-14(8-6-13)20(21,22)23/h2-8H,9-12H2,1H3,(H,25,26,27,30). The Morgan fingerprint density at radius 3 is 2.42 bits per heavy atom. The van der Waals surface area contributed by atoms with E-state index in [9.17, 15) is 18.0 Å². The zero-order chi connectivity index (χ0) is 22.0. The van der Waals surface area contributed by atoms with E-state index in [0.29, 0.717) is 11.5 Å². The van der Waals surface area contributed by atoms with Crippen LogP contribution in [0.3, 0.4) is 0 Å². The maximum atomic E-state index is 12.7. The van der Waals surface area contributed by atoms with Gasteiger partial charge in [0.25, 0.3) is 5.91 Å². The third-order valence-electron chi connectivity index (χ3n) is 4.91. The van der Waals surface area contributed by atoms with E-state index in [2.05, 4.69) is 36.5 Å². The highest BCUT2D eigenvalue weighted by Gasteiger charge is 2.30. The van der Waals surface area contributed by atoms with Crippen LogP contribution in [-0.2, 0) is 6.18 Å². The Bertz CT molecular complexity index is 1060. The van der Waals surface area contributed by atoms with Gasteiger partial charge in [-0.3, -0.25) is 10.1 Å². The maximum absolute atomic E-state index is 12.7. The van der Waals surface area contributed by atoms with Crippen molar-refractivity contribution in [3.63, 3.8) is 0 Å². The molecule has 2 aromatic heterocycles. The second kappa shape index (κ2) is 8.60. The van der Waals surface area contributed by atoms with Gasteiger partial charge in [0.1, 0.15) is 11.5 Å². The first kappa shape index (κ1) is 21.2. The van der Waals surface area contributed by atoms with Gasteiger partial charge in [0, 0.05) is 43.3 Å². The molecule has 3 aromatic rings. The molecule has 162 valence electrons. The van der Waals surface area contributed by atoms with Gasteiger partial charge in [-0.05, 0) is 43.4 Å². The predicted molar refractivity (Wildman–Crippen MR) is 112 cm³/mol. The number of anilines is 2. The number of alkyl halides is 3. The van der Waals surface area contributed by atoms with Gasteiger partial charge in [-0.2, -0.15) is 22.5 Å². The molecule has 0 atom stereocenters.